The highest BCUT2D eigenvalue weighted by Crippen LogP contribution is 2.25. The highest BCUT2D eigenvalue weighted by molar-refractivity contribution is 5.97. The monoisotopic (exact) mass is 378 g/mol. The average molecular weight is 378 g/mol. The molecule has 0 fully saturated rings. The summed E-state index contributed by atoms with van der Waals surface area (Å²) in [5.74, 6) is -2.85. The van der Waals surface area contributed by atoms with Crippen molar-refractivity contribution in [2.75, 3.05) is 7.11 Å². The largest absolute Gasteiger partial charge is 0.496 e. The molecule has 27 heavy (non-hydrogen) atoms. The quantitative estimate of drug-likeness (QED) is 0.697. The van der Waals surface area contributed by atoms with Gasteiger partial charge in [0.15, 0.2) is 6.10 Å². The second kappa shape index (κ2) is 8.59. The molecule has 0 saturated heterocycles. The van der Waals surface area contributed by atoms with Gasteiger partial charge in [0, 0.05) is 11.6 Å². The molecule has 0 spiro atoms. The number of hydrazine groups is 1. The Hall–Kier alpha value is -3.00. The van der Waals surface area contributed by atoms with E-state index in [0.717, 1.165) is 23.3 Å². The third kappa shape index (κ3) is 4.59. The number of rotatable bonds is 5. The Kier molecular flexibility index (Phi) is 6.46. The number of hydrogen-bond acceptors (Lipinski definition) is 4. The Balaban J connectivity index is 2.11. The zero-order valence-corrected chi connectivity index (χ0v) is 15.1. The molecule has 2 aromatic rings. The molecule has 0 aliphatic rings. The summed E-state index contributed by atoms with van der Waals surface area (Å²) >= 11 is 0. The summed E-state index contributed by atoms with van der Waals surface area (Å²) < 4.78 is 31.6. The van der Waals surface area contributed by atoms with Gasteiger partial charge < -0.3 is 9.84 Å². The Morgan fingerprint density at radius 1 is 1.15 bits per heavy atom. The van der Waals surface area contributed by atoms with Gasteiger partial charge in [-0.05, 0) is 54.3 Å². The molecule has 2 amide bonds. The Labute approximate surface area is 155 Å². The molecule has 8 heteroatoms. The minimum Gasteiger partial charge on any atom is -0.496 e. The summed E-state index contributed by atoms with van der Waals surface area (Å²) in [7, 11) is 1.53. The van der Waals surface area contributed by atoms with Crippen molar-refractivity contribution in [3.63, 3.8) is 0 Å². The summed E-state index contributed by atoms with van der Waals surface area (Å²) in [4.78, 5) is 24.4. The summed E-state index contributed by atoms with van der Waals surface area (Å²) in [6.07, 6.45) is -1.29. The summed E-state index contributed by atoms with van der Waals surface area (Å²) in [6.45, 7) is 3.69. The topological polar surface area (TPSA) is 87.7 Å². The summed E-state index contributed by atoms with van der Waals surface area (Å²) in [5, 5.41) is 9.92. The second-order valence-corrected chi connectivity index (χ2v) is 5.82. The molecular formula is C19H20F2N2O4. The molecule has 2 rings (SSSR count). The third-order valence-corrected chi connectivity index (χ3v) is 4.12. The molecule has 0 aliphatic heterocycles. The van der Waals surface area contributed by atoms with Crippen molar-refractivity contribution in [2.45, 2.75) is 26.4 Å². The third-order valence-electron chi connectivity index (χ3n) is 4.12. The van der Waals surface area contributed by atoms with Crippen molar-refractivity contribution in [3.8, 4) is 5.75 Å². The number of aliphatic hydroxyl groups excluding tert-OH is 1. The van der Waals surface area contributed by atoms with Crippen LogP contribution in [-0.4, -0.2) is 24.0 Å². The number of halogens is 2. The van der Waals surface area contributed by atoms with E-state index < -0.39 is 29.6 Å². The van der Waals surface area contributed by atoms with Crippen LogP contribution in [0.15, 0.2) is 30.3 Å². The van der Waals surface area contributed by atoms with Crippen molar-refractivity contribution in [1.82, 2.24) is 10.9 Å². The molecule has 1 atom stereocenters. The van der Waals surface area contributed by atoms with Gasteiger partial charge in [-0.2, -0.15) is 0 Å². The van der Waals surface area contributed by atoms with Crippen molar-refractivity contribution < 1.29 is 28.2 Å². The van der Waals surface area contributed by atoms with Gasteiger partial charge in [-0.3, -0.25) is 20.4 Å². The van der Waals surface area contributed by atoms with E-state index >= 15 is 0 Å². The van der Waals surface area contributed by atoms with E-state index in [9.17, 15) is 23.5 Å². The van der Waals surface area contributed by atoms with Gasteiger partial charge in [0.2, 0.25) is 0 Å². The maximum Gasteiger partial charge on any atom is 0.271 e. The molecular weight excluding hydrogens is 358 g/mol. The van der Waals surface area contributed by atoms with Gasteiger partial charge in [0.25, 0.3) is 11.8 Å². The number of amides is 2. The maximum absolute atomic E-state index is 13.2. The van der Waals surface area contributed by atoms with Crippen molar-refractivity contribution in [2.24, 2.45) is 0 Å². The second-order valence-electron chi connectivity index (χ2n) is 5.82. The lowest BCUT2D eigenvalue weighted by molar-refractivity contribution is -0.130. The first kappa shape index (κ1) is 20.3. The van der Waals surface area contributed by atoms with Gasteiger partial charge in [-0.1, -0.05) is 6.92 Å². The molecule has 0 bridgehead atoms. The Bertz CT molecular complexity index is 851. The van der Waals surface area contributed by atoms with E-state index in [0.29, 0.717) is 23.8 Å². The number of carbonyl (C=O) groups excluding carboxylic acids is 2. The van der Waals surface area contributed by atoms with Gasteiger partial charge in [-0.25, -0.2) is 8.78 Å². The highest BCUT2D eigenvalue weighted by atomic mass is 19.1. The number of aliphatic hydroxyl groups is 1. The van der Waals surface area contributed by atoms with Crippen molar-refractivity contribution in [1.29, 1.82) is 0 Å². The highest BCUT2D eigenvalue weighted by Gasteiger charge is 2.21. The number of hydrogen-bond donors (Lipinski definition) is 3. The fourth-order valence-corrected chi connectivity index (χ4v) is 2.76. The van der Waals surface area contributed by atoms with E-state index in [4.69, 9.17) is 4.74 Å². The van der Waals surface area contributed by atoms with Crippen LogP contribution in [0.4, 0.5) is 8.78 Å². The molecule has 0 saturated carbocycles. The molecule has 144 valence electrons. The molecule has 0 heterocycles. The van der Waals surface area contributed by atoms with Crippen LogP contribution < -0.4 is 15.6 Å². The van der Waals surface area contributed by atoms with Crippen LogP contribution in [0, 0.1) is 18.6 Å². The lowest BCUT2D eigenvalue weighted by Gasteiger charge is -2.16. The van der Waals surface area contributed by atoms with Crippen LogP contribution >= 0.6 is 0 Å². The minimum atomic E-state index is -1.85. The van der Waals surface area contributed by atoms with Gasteiger partial charge in [-0.15, -0.1) is 0 Å². The number of ether oxygens (including phenoxy) is 1. The first-order valence-corrected chi connectivity index (χ1v) is 8.19. The molecule has 6 nitrogen and oxygen atoms in total. The molecule has 0 aromatic heterocycles. The predicted octanol–water partition coefficient (Wildman–Crippen LogP) is 2.34. The molecule has 0 radical (unpaired) electrons. The Morgan fingerprint density at radius 2 is 1.78 bits per heavy atom. The van der Waals surface area contributed by atoms with Crippen LogP contribution in [0.2, 0.25) is 0 Å². The standard InChI is InChI=1S/C19H20F2N2O4/c1-4-14-10(2)16(27-3)6-5-15(14)18(25)22-23-19(26)17(24)11-7-12(20)9-13(21)8-11/h5-9,17,24H,4H2,1-3H3,(H,22,25)(H,23,26). The molecule has 1 unspecified atom stereocenters. The zero-order valence-electron chi connectivity index (χ0n) is 15.1. The van der Waals surface area contributed by atoms with E-state index in [1.165, 1.54) is 7.11 Å². The fraction of sp³-hybridized carbons (Fsp3) is 0.263. The lowest BCUT2D eigenvalue weighted by atomic mass is 9.98. The van der Waals surface area contributed by atoms with Crippen LogP contribution in [0.5, 0.6) is 5.75 Å². The normalized spacial score (nSPS) is 11.6. The van der Waals surface area contributed by atoms with Crippen molar-refractivity contribution >= 4 is 11.8 Å². The summed E-state index contributed by atoms with van der Waals surface area (Å²) in [5.41, 5.74) is 5.85. The number of methoxy groups -OCH3 is 1. The molecule has 2 aromatic carbocycles. The van der Waals surface area contributed by atoms with Gasteiger partial charge >= 0.3 is 0 Å². The predicted molar refractivity (Wildman–Crippen MR) is 94.0 cm³/mol. The van der Waals surface area contributed by atoms with E-state index in [1.807, 2.05) is 13.8 Å². The molecule has 3 N–H and O–H groups in total. The van der Waals surface area contributed by atoms with Gasteiger partial charge in [0.1, 0.15) is 17.4 Å². The van der Waals surface area contributed by atoms with Crippen LogP contribution in [0.25, 0.3) is 0 Å². The van der Waals surface area contributed by atoms with E-state index in [2.05, 4.69) is 10.9 Å². The fourth-order valence-electron chi connectivity index (χ4n) is 2.76. The first-order chi connectivity index (χ1) is 12.8. The number of benzene rings is 2. The number of carbonyl (C=O) groups is 2. The van der Waals surface area contributed by atoms with Gasteiger partial charge in [0.05, 0.1) is 7.11 Å². The van der Waals surface area contributed by atoms with Crippen LogP contribution in [0.1, 0.15) is 40.1 Å². The van der Waals surface area contributed by atoms with E-state index in [1.54, 1.807) is 12.1 Å². The van der Waals surface area contributed by atoms with Crippen LogP contribution in [-0.2, 0) is 11.2 Å². The number of nitrogens with one attached hydrogen (secondary N) is 2. The Morgan fingerprint density at radius 3 is 2.33 bits per heavy atom. The maximum atomic E-state index is 13.2. The SMILES string of the molecule is CCc1c(C(=O)NNC(=O)C(O)c2cc(F)cc(F)c2)ccc(OC)c1C. The van der Waals surface area contributed by atoms with E-state index in [-0.39, 0.29) is 5.56 Å². The smallest absolute Gasteiger partial charge is 0.271 e. The first-order valence-electron chi connectivity index (χ1n) is 8.19. The average Bonchev–Trinajstić information content (AvgIpc) is 2.64. The minimum absolute atomic E-state index is 0.270. The molecule has 0 aliphatic carbocycles. The van der Waals surface area contributed by atoms with Crippen LogP contribution in [0.3, 0.4) is 0 Å². The lowest BCUT2D eigenvalue weighted by Crippen LogP contribution is -2.44. The zero-order chi connectivity index (χ0) is 20.1. The summed E-state index contributed by atoms with van der Waals surface area (Å²) in [6, 6.07) is 5.47. The van der Waals surface area contributed by atoms with Crippen molar-refractivity contribution in [3.05, 3.63) is 64.2 Å².